The van der Waals surface area contributed by atoms with Gasteiger partial charge in [-0.25, -0.2) is 23.3 Å². The molecule has 0 heterocycles. The minimum Gasteiger partial charge on any atom is -0.300 e. The summed E-state index contributed by atoms with van der Waals surface area (Å²) < 4.78 is 0. The standard InChI is InChI=1S/2C11H18N.V/c2*1-4-12(5-2)10(3)11-8-6-7-9-11;/h2*6,8,10H,4-5,7H2,1-3H3;/q2*-1;+2. The van der Waals surface area contributed by atoms with Crippen molar-refractivity contribution in [3.8, 4) is 0 Å². The molecule has 0 fully saturated rings. The third-order valence-electron chi connectivity index (χ3n) is 5.06. The Morgan fingerprint density at radius 1 is 0.760 bits per heavy atom. The van der Waals surface area contributed by atoms with Crippen molar-refractivity contribution < 1.29 is 18.6 Å². The third kappa shape index (κ3) is 7.70. The van der Waals surface area contributed by atoms with Crippen molar-refractivity contribution in [2.45, 2.75) is 66.5 Å². The summed E-state index contributed by atoms with van der Waals surface area (Å²) >= 11 is 0. The summed E-state index contributed by atoms with van der Waals surface area (Å²) in [5, 5.41) is 0. The molecule has 0 aromatic heterocycles. The van der Waals surface area contributed by atoms with Crippen LogP contribution >= 0.6 is 0 Å². The summed E-state index contributed by atoms with van der Waals surface area (Å²) in [6.07, 6.45) is 17.5. The minimum absolute atomic E-state index is 0. The number of hydrogen-bond donors (Lipinski definition) is 0. The number of nitrogens with zero attached hydrogens (tertiary/aromatic N) is 2. The molecule has 0 aromatic carbocycles. The van der Waals surface area contributed by atoms with Gasteiger partial charge in [-0.1, -0.05) is 27.7 Å². The van der Waals surface area contributed by atoms with Gasteiger partial charge in [-0.05, 0) is 52.1 Å². The maximum atomic E-state index is 3.37. The molecule has 0 bridgehead atoms. The second kappa shape index (κ2) is 13.6. The molecule has 0 amide bonds. The Balaban J connectivity index is 0.000000443. The maximum Gasteiger partial charge on any atom is 2.00 e. The molecule has 1 radical (unpaired) electrons. The zero-order valence-electron chi connectivity index (χ0n) is 17.0. The quantitative estimate of drug-likeness (QED) is 0.559. The van der Waals surface area contributed by atoms with Crippen molar-refractivity contribution >= 4 is 0 Å². The summed E-state index contributed by atoms with van der Waals surface area (Å²) in [6, 6.07) is 1.08. The molecular formula is C22H36N2V. The molecule has 0 N–H and O–H groups in total. The van der Waals surface area contributed by atoms with Gasteiger partial charge in [-0.15, -0.1) is 12.8 Å². The van der Waals surface area contributed by atoms with Crippen LogP contribution in [-0.2, 0) is 18.6 Å². The van der Waals surface area contributed by atoms with Crippen LogP contribution in [0.2, 0.25) is 0 Å². The molecule has 2 aliphatic carbocycles. The van der Waals surface area contributed by atoms with E-state index in [4.69, 9.17) is 0 Å². The van der Waals surface area contributed by atoms with E-state index in [0.717, 1.165) is 39.0 Å². The molecule has 0 aromatic rings. The van der Waals surface area contributed by atoms with E-state index in [1.165, 1.54) is 11.1 Å². The topological polar surface area (TPSA) is 6.48 Å². The van der Waals surface area contributed by atoms with Crippen LogP contribution in [0.3, 0.4) is 0 Å². The van der Waals surface area contributed by atoms with E-state index in [1.807, 2.05) is 0 Å². The van der Waals surface area contributed by atoms with E-state index in [2.05, 4.69) is 87.8 Å². The van der Waals surface area contributed by atoms with Crippen LogP contribution in [0.4, 0.5) is 0 Å². The number of allylic oxidation sites excluding steroid dienone is 4. The summed E-state index contributed by atoms with van der Waals surface area (Å²) in [5.41, 5.74) is 2.72. The van der Waals surface area contributed by atoms with Crippen molar-refractivity contribution in [3.05, 3.63) is 47.6 Å². The Kier molecular flexibility index (Phi) is 13.3. The molecule has 2 nitrogen and oxygen atoms in total. The second-order valence-corrected chi connectivity index (χ2v) is 6.27. The Hall–Kier alpha value is -0.536. The average molecular weight is 379 g/mol. The molecule has 0 aliphatic heterocycles. The zero-order chi connectivity index (χ0) is 17.9. The van der Waals surface area contributed by atoms with Crippen molar-refractivity contribution in [3.63, 3.8) is 0 Å². The van der Waals surface area contributed by atoms with E-state index >= 15 is 0 Å². The average Bonchev–Trinajstić information content (AvgIpc) is 3.31. The molecule has 25 heavy (non-hydrogen) atoms. The number of rotatable bonds is 8. The van der Waals surface area contributed by atoms with Crippen LogP contribution in [0.15, 0.2) is 35.5 Å². The van der Waals surface area contributed by atoms with Crippen molar-refractivity contribution in [2.24, 2.45) is 0 Å². The first-order chi connectivity index (χ1) is 11.6. The Bertz CT molecular complexity index is 424. The van der Waals surface area contributed by atoms with Gasteiger partial charge in [0.1, 0.15) is 0 Å². The fourth-order valence-corrected chi connectivity index (χ4v) is 3.35. The monoisotopic (exact) mass is 379 g/mol. The third-order valence-corrected chi connectivity index (χ3v) is 5.06. The maximum absolute atomic E-state index is 3.37. The fraction of sp³-hybridized carbons (Fsp3) is 0.636. The molecule has 139 valence electrons. The van der Waals surface area contributed by atoms with Gasteiger partial charge in [0.05, 0.1) is 0 Å². The van der Waals surface area contributed by atoms with E-state index in [0.29, 0.717) is 12.1 Å². The molecule has 0 spiro atoms. The Morgan fingerprint density at radius 3 is 1.28 bits per heavy atom. The van der Waals surface area contributed by atoms with Crippen LogP contribution in [0.25, 0.3) is 0 Å². The van der Waals surface area contributed by atoms with Gasteiger partial charge in [0.25, 0.3) is 0 Å². The van der Waals surface area contributed by atoms with Gasteiger partial charge in [-0.3, -0.25) is 12.2 Å². The van der Waals surface area contributed by atoms with Gasteiger partial charge in [0.15, 0.2) is 0 Å². The summed E-state index contributed by atoms with van der Waals surface area (Å²) in [6.45, 7) is 17.8. The number of likely N-dealkylation sites (N-methyl/N-ethyl adjacent to an activating group) is 2. The van der Waals surface area contributed by atoms with Crippen LogP contribution in [0.5, 0.6) is 0 Å². The Labute approximate surface area is 168 Å². The molecular weight excluding hydrogens is 343 g/mol. The van der Waals surface area contributed by atoms with Gasteiger partial charge in [0.2, 0.25) is 0 Å². The number of hydrogen-bond acceptors (Lipinski definition) is 2. The van der Waals surface area contributed by atoms with Crippen LogP contribution < -0.4 is 0 Å². The predicted molar refractivity (Wildman–Crippen MR) is 106 cm³/mol. The zero-order valence-corrected chi connectivity index (χ0v) is 18.4. The molecule has 2 rings (SSSR count). The van der Waals surface area contributed by atoms with E-state index in [-0.39, 0.29) is 18.6 Å². The molecule has 2 atom stereocenters. The first kappa shape index (κ1) is 24.5. The molecule has 0 saturated heterocycles. The Morgan fingerprint density at radius 2 is 1.08 bits per heavy atom. The van der Waals surface area contributed by atoms with Gasteiger partial charge in [-0.2, -0.15) is 12.2 Å². The smallest absolute Gasteiger partial charge is 0.300 e. The molecule has 2 aliphatic rings. The molecule has 3 heteroatoms. The van der Waals surface area contributed by atoms with E-state index < -0.39 is 0 Å². The van der Waals surface area contributed by atoms with E-state index in [1.54, 1.807) is 0 Å². The van der Waals surface area contributed by atoms with Crippen molar-refractivity contribution in [1.82, 2.24) is 9.80 Å². The SMILES string of the molecule is CCN(CC)C(C)C1=[C-]CC=C1.CCN(CC)C(C)C1=[C-]CC=C1.[V+2]. The van der Waals surface area contributed by atoms with Crippen LogP contribution in [0, 0.1) is 12.2 Å². The van der Waals surface area contributed by atoms with Gasteiger partial charge >= 0.3 is 18.6 Å². The minimum atomic E-state index is 0. The van der Waals surface area contributed by atoms with Crippen LogP contribution in [0.1, 0.15) is 54.4 Å². The fourth-order valence-electron chi connectivity index (χ4n) is 3.35. The van der Waals surface area contributed by atoms with Crippen molar-refractivity contribution in [2.75, 3.05) is 26.2 Å². The van der Waals surface area contributed by atoms with Gasteiger partial charge < -0.3 is 9.80 Å². The van der Waals surface area contributed by atoms with Crippen LogP contribution in [-0.4, -0.2) is 48.1 Å². The van der Waals surface area contributed by atoms with Crippen molar-refractivity contribution in [1.29, 1.82) is 0 Å². The summed E-state index contributed by atoms with van der Waals surface area (Å²) in [5.74, 6) is 0. The predicted octanol–water partition coefficient (Wildman–Crippen LogP) is 4.81. The summed E-state index contributed by atoms with van der Waals surface area (Å²) in [7, 11) is 0. The second-order valence-electron chi connectivity index (χ2n) is 6.27. The van der Waals surface area contributed by atoms with E-state index in [9.17, 15) is 0 Å². The first-order valence-electron chi connectivity index (χ1n) is 9.61. The normalized spacial score (nSPS) is 17.8. The largest absolute Gasteiger partial charge is 2.00 e. The van der Waals surface area contributed by atoms with Gasteiger partial charge in [0, 0.05) is 0 Å². The first-order valence-corrected chi connectivity index (χ1v) is 9.61. The molecule has 0 saturated carbocycles. The molecule has 2 unspecified atom stereocenters. The summed E-state index contributed by atoms with van der Waals surface area (Å²) in [4.78, 5) is 4.88.